The van der Waals surface area contributed by atoms with Crippen LogP contribution in [0.2, 0.25) is 0 Å². The van der Waals surface area contributed by atoms with Crippen LogP contribution < -0.4 is 0 Å². The highest BCUT2D eigenvalue weighted by atomic mass is 79.9. The first-order valence-corrected chi connectivity index (χ1v) is 6.73. The number of nitrogens with zero attached hydrogens (tertiary/aromatic N) is 1. The van der Waals surface area contributed by atoms with Gasteiger partial charge in [0.05, 0.1) is 10.3 Å². The number of nitro benzene ring substituents is 1. The van der Waals surface area contributed by atoms with Crippen LogP contribution in [0.4, 0.5) is 5.69 Å². The van der Waals surface area contributed by atoms with Crippen molar-refractivity contribution >= 4 is 43.3 Å². The molecule has 0 aromatic heterocycles. The average Bonchev–Trinajstić information content (AvgIpc) is 2.28. The Balaban J connectivity index is 3.17. The number of rotatable bonds is 5. The molecule has 0 bridgehead atoms. The molecule has 0 aliphatic carbocycles. The van der Waals surface area contributed by atoms with E-state index in [2.05, 4.69) is 31.9 Å². The van der Waals surface area contributed by atoms with E-state index in [4.69, 9.17) is 0 Å². The number of hydrogen-bond acceptors (Lipinski definition) is 3. The molecule has 0 atom stereocenters. The minimum absolute atomic E-state index is 0.0358. The van der Waals surface area contributed by atoms with E-state index in [0.29, 0.717) is 16.5 Å². The summed E-state index contributed by atoms with van der Waals surface area (Å²) in [5, 5.41) is 11.5. The second kappa shape index (κ2) is 6.10. The lowest BCUT2D eigenvalue weighted by atomic mass is 10.0. The molecule has 0 amide bonds. The van der Waals surface area contributed by atoms with Gasteiger partial charge in [0.15, 0.2) is 0 Å². The van der Waals surface area contributed by atoms with Crippen molar-refractivity contribution in [2.24, 2.45) is 0 Å². The third-order valence-electron chi connectivity index (χ3n) is 2.07. The first-order valence-electron chi connectivity index (χ1n) is 4.49. The molecule has 0 spiro atoms. The fourth-order valence-corrected chi connectivity index (χ4v) is 2.04. The number of carbonyl (C=O) groups is 1. The number of Topliss-reactive ketones (excluding diaryl/α,β-unsaturated/α-hetero) is 1. The van der Waals surface area contributed by atoms with E-state index < -0.39 is 4.92 Å². The molecule has 1 aromatic carbocycles. The van der Waals surface area contributed by atoms with Crippen molar-refractivity contribution in [3.63, 3.8) is 0 Å². The minimum atomic E-state index is -0.437. The molecule has 0 fully saturated rings. The van der Waals surface area contributed by atoms with Crippen molar-refractivity contribution in [2.45, 2.75) is 11.8 Å². The normalized spacial score (nSPS) is 10.1. The molecule has 0 saturated heterocycles. The Morgan fingerprint density at radius 3 is 2.44 bits per heavy atom. The lowest BCUT2D eigenvalue weighted by molar-refractivity contribution is -0.386. The quantitative estimate of drug-likeness (QED) is 0.466. The molecule has 1 rings (SSSR count). The van der Waals surface area contributed by atoms with Gasteiger partial charge in [-0.15, -0.1) is 0 Å². The van der Waals surface area contributed by atoms with Crippen molar-refractivity contribution < 1.29 is 9.72 Å². The number of ketones is 1. The molecule has 0 saturated carbocycles. The lowest BCUT2D eigenvalue weighted by Gasteiger charge is -2.04. The van der Waals surface area contributed by atoms with Crippen LogP contribution in [-0.4, -0.2) is 16.0 Å². The lowest BCUT2D eigenvalue weighted by Crippen LogP contribution is -2.07. The van der Waals surface area contributed by atoms with Gasteiger partial charge in [-0.2, -0.15) is 0 Å². The van der Waals surface area contributed by atoms with E-state index in [-0.39, 0.29) is 23.2 Å². The highest BCUT2D eigenvalue weighted by molar-refractivity contribution is 9.09. The second-order valence-electron chi connectivity index (χ2n) is 3.16. The Kier molecular flexibility index (Phi) is 5.08. The predicted octanol–water partition coefficient (Wildman–Crippen LogP) is 3.00. The van der Waals surface area contributed by atoms with Gasteiger partial charge in [-0.3, -0.25) is 14.9 Å². The van der Waals surface area contributed by atoms with Crippen molar-refractivity contribution in [1.29, 1.82) is 0 Å². The topological polar surface area (TPSA) is 60.2 Å². The van der Waals surface area contributed by atoms with E-state index in [1.165, 1.54) is 0 Å². The van der Waals surface area contributed by atoms with Crippen LogP contribution in [0.1, 0.15) is 11.1 Å². The Hall–Kier alpha value is -0.750. The number of alkyl halides is 2. The molecular weight excluding hydrogens is 342 g/mol. The third-order valence-corrected chi connectivity index (χ3v) is 3.30. The summed E-state index contributed by atoms with van der Waals surface area (Å²) in [4.78, 5) is 21.8. The summed E-state index contributed by atoms with van der Waals surface area (Å²) >= 11 is 6.24. The van der Waals surface area contributed by atoms with Gasteiger partial charge in [-0.05, 0) is 0 Å². The Morgan fingerprint density at radius 2 is 1.94 bits per heavy atom. The fourth-order valence-electron chi connectivity index (χ4n) is 1.39. The summed E-state index contributed by atoms with van der Waals surface area (Å²) < 4.78 is 0. The van der Waals surface area contributed by atoms with Gasteiger partial charge in [-0.25, -0.2) is 0 Å². The van der Waals surface area contributed by atoms with E-state index in [1.807, 2.05) is 0 Å². The van der Waals surface area contributed by atoms with Crippen LogP contribution in [0.5, 0.6) is 0 Å². The van der Waals surface area contributed by atoms with Gasteiger partial charge in [0, 0.05) is 22.9 Å². The number of hydrogen-bond donors (Lipinski definition) is 0. The number of halogens is 2. The molecule has 6 heteroatoms. The van der Waals surface area contributed by atoms with Crippen LogP contribution in [-0.2, 0) is 16.5 Å². The maximum atomic E-state index is 11.3. The molecule has 0 N–H and O–H groups in total. The first-order chi connectivity index (χ1) is 7.60. The van der Waals surface area contributed by atoms with Gasteiger partial charge in [0.25, 0.3) is 5.69 Å². The average molecular weight is 351 g/mol. The highest BCUT2D eigenvalue weighted by Crippen LogP contribution is 2.26. The number of para-hydroxylation sites is 1. The molecule has 86 valence electrons. The standard InChI is InChI=1S/C10H9Br2NO3/c11-5-8-3-1-2-7(4-9(14)6-12)10(8)13(15)16/h1-3H,4-6H2. The van der Waals surface area contributed by atoms with Crippen LogP contribution >= 0.6 is 31.9 Å². The molecule has 0 aliphatic rings. The van der Waals surface area contributed by atoms with Crippen LogP contribution in [0, 0.1) is 10.1 Å². The van der Waals surface area contributed by atoms with Gasteiger partial charge >= 0.3 is 0 Å². The zero-order chi connectivity index (χ0) is 12.1. The smallest absolute Gasteiger partial charge is 0.277 e. The van der Waals surface area contributed by atoms with Crippen molar-refractivity contribution in [2.75, 3.05) is 5.33 Å². The number of nitro groups is 1. The highest BCUT2D eigenvalue weighted by Gasteiger charge is 2.19. The summed E-state index contributed by atoms with van der Waals surface area (Å²) in [7, 11) is 0. The fraction of sp³-hybridized carbons (Fsp3) is 0.300. The van der Waals surface area contributed by atoms with Gasteiger partial charge in [0.2, 0.25) is 0 Å². The summed E-state index contributed by atoms with van der Waals surface area (Å²) in [5.74, 6) is -0.0742. The Bertz CT molecular complexity index is 421. The number of carbonyl (C=O) groups excluding carboxylic acids is 1. The molecule has 0 unspecified atom stereocenters. The molecule has 0 radical (unpaired) electrons. The molecule has 0 heterocycles. The van der Waals surface area contributed by atoms with Crippen LogP contribution in [0.15, 0.2) is 18.2 Å². The maximum absolute atomic E-state index is 11.3. The van der Waals surface area contributed by atoms with Gasteiger partial charge < -0.3 is 0 Å². The SMILES string of the molecule is O=C(CBr)Cc1cccc(CBr)c1[N+](=O)[O-]. The molecule has 1 aromatic rings. The molecular formula is C10H9Br2NO3. The van der Waals surface area contributed by atoms with Gasteiger partial charge in [-0.1, -0.05) is 50.1 Å². The maximum Gasteiger partial charge on any atom is 0.277 e. The Morgan fingerprint density at radius 1 is 1.31 bits per heavy atom. The molecule has 4 nitrogen and oxygen atoms in total. The third kappa shape index (κ3) is 3.12. The molecule has 0 aliphatic heterocycles. The summed E-state index contributed by atoms with van der Waals surface area (Å²) in [5.41, 5.74) is 1.09. The van der Waals surface area contributed by atoms with Crippen molar-refractivity contribution in [1.82, 2.24) is 0 Å². The zero-order valence-corrected chi connectivity index (χ0v) is 11.5. The molecule has 16 heavy (non-hydrogen) atoms. The second-order valence-corrected chi connectivity index (χ2v) is 4.29. The Labute approximate surface area is 109 Å². The number of benzene rings is 1. The van der Waals surface area contributed by atoms with E-state index in [0.717, 1.165) is 0 Å². The summed E-state index contributed by atoms with van der Waals surface area (Å²) in [6.07, 6.45) is 0.0857. The zero-order valence-electron chi connectivity index (χ0n) is 8.28. The van der Waals surface area contributed by atoms with Crippen LogP contribution in [0.3, 0.4) is 0 Å². The summed E-state index contributed by atoms with van der Waals surface area (Å²) in [6.45, 7) is 0. The van der Waals surface area contributed by atoms with E-state index in [9.17, 15) is 14.9 Å². The van der Waals surface area contributed by atoms with E-state index >= 15 is 0 Å². The summed E-state index contributed by atoms with van der Waals surface area (Å²) in [6, 6.07) is 5.01. The minimum Gasteiger partial charge on any atom is -0.298 e. The van der Waals surface area contributed by atoms with E-state index in [1.54, 1.807) is 18.2 Å². The van der Waals surface area contributed by atoms with Crippen molar-refractivity contribution in [3.05, 3.63) is 39.4 Å². The predicted molar refractivity (Wildman–Crippen MR) is 68.2 cm³/mol. The van der Waals surface area contributed by atoms with Gasteiger partial charge in [0.1, 0.15) is 5.78 Å². The first kappa shape index (κ1) is 13.3. The largest absolute Gasteiger partial charge is 0.298 e. The van der Waals surface area contributed by atoms with Crippen molar-refractivity contribution in [3.8, 4) is 0 Å². The monoisotopic (exact) mass is 349 g/mol. The van der Waals surface area contributed by atoms with Crippen LogP contribution in [0.25, 0.3) is 0 Å².